The summed E-state index contributed by atoms with van der Waals surface area (Å²) in [6.45, 7) is 6.57. The number of carbonyl (C=O) groups is 2. The van der Waals surface area contributed by atoms with E-state index < -0.39 is 0 Å². The summed E-state index contributed by atoms with van der Waals surface area (Å²) in [4.78, 5) is 36.7. The van der Waals surface area contributed by atoms with Crippen molar-refractivity contribution in [3.63, 3.8) is 0 Å². The van der Waals surface area contributed by atoms with Crippen molar-refractivity contribution >= 4 is 28.6 Å². The molecular formula is C28H37N5O3. The molecule has 2 aromatic rings. The van der Waals surface area contributed by atoms with Crippen molar-refractivity contribution in [3.05, 3.63) is 36.5 Å². The first kappa shape index (κ1) is 23.5. The number of rotatable bonds is 4. The van der Waals surface area contributed by atoms with Gasteiger partial charge in [-0.25, -0.2) is 4.79 Å². The van der Waals surface area contributed by atoms with Crippen molar-refractivity contribution < 1.29 is 14.3 Å². The minimum atomic E-state index is -0.278. The third-order valence-electron chi connectivity index (χ3n) is 8.79. The van der Waals surface area contributed by atoms with Crippen LogP contribution in [0.4, 0.5) is 10.5 Å². The van der Waals surface area contributed by atoms with E-state index in [0.717, 1.165) is 96.4 Å². The smallest absolute Gasteiger partial charge is 0.410 e. The first-order valence-corrected chi connectivity index (χ1v) is 13.7. The van der Waals surface area contributed by atoms with Gasteiger partial charge in [-0.3, -0.25) is 9.78 Å². The van der Waals surface area contributed by atoms with Gasteiger partial charge in [0.15, 0.2) is 0 Å². The van der Waals surface area contributed by atoms with Crippen molar-refractivity contribution in [2.45, 2.75) is 44.1 Å². The Balaban J connectivity index is 0.986. The van der Waals surface area contributed by atoms with E-state index in [1.165, 1.54) is 11.1 Å². The van der Waals surface area contributed by atoms with Crippen LogP contribution in [0.1, 0.15) is 38.5 Å². The molecule has 3 aliphatic heterocycles. The summed E-state index contributed by atoms with van der Waals surface area (Å²) >= 11 is 0. The van der Waals surface area contributed by atoms with Gasteiger partial charge in [0.25, 0.3) is 0 Å². The van der Waals surface area contributed by atoms with Crippen LogP contribution in [0.25, 0.3) is 10.9 Å². The maximum Gasteiger partial charge on any atom is 0.410 e. The Morgan fingerprint density at radius 3 is 2.56 bits per heavy atom. The van der Waals surface area contributed by atoms with Crippen LogP contribution < -0.4 is 10.2 Å². The van der Waals surface area contributed by atoms with Gasteiger partial charge in [-0.15, -0.1) is 0 Å². The molecule has 1 aromatic heterocycles. The molecule has 8 nitrogen and oxygen atoms in total. The number of piperidine rings is 1. The lowest BCUT2D eigenvalue weighted by Gasteiger charge is -2.39. The summed E-state index contributed by atoms with van der Waals surface area (Å²) < 4.78 is 5.83. The van der Waals surface area contributed by atoms with E-state index in [9.17, 15) is 9.59 Å². The molecular weight excluding hydrogens is 454 g/mol. The Labute approximate surface area is 213 Å². The molecule has 0 bridgehead atoms. The van der Waals surface area contributed by atoms with Gasteiger partial charge in [-0.1, -0.05) is 18.2 Å². The zero-order chi connectivity index (χ0) is 24.5. The highest BCUT2D eigenvalue weighted by atomic mass is 16.6. The van der Waals surface area contributed by atoms with Crippen LogP contribution in [0.3, 0.4) is 0 Å². The lowest BCUT2D eigenvalue weighted by Crippen LogP contribution is -2.51. The van der Waals surface area contributed by atoms with Gasteiger partial charge in [-0.2, -0.15) is 0 Å². The molecule has 8 heteroatoms. The molecule has 36 heavy (non-hydrogen) atoms. The molecule has 3 saturated heterocycles. The number of hydrogen-bond acceptors (Lipinski definition) is 6. The van der Waals surface area contributed by atoms with Crippen molar-refractivity contribution in [3.8, 4) is 0 Å². The Kier molecular flexibility index (Phi) is 6.46. The number of benzene rings is 1. The monoisotopic (exact) mass is 491 g/mol. The lowest BCUT2D eigenvalue weighted by atomic mass is 9.81. The molecule has 4 heterocycles. The largest absolute Gasteiger partial charge is 0.441 e. The number of para-hydroxylation sites is 1. The Hall–Kier alpha value is -2.87. The van der Waals surface area contributed by atoms with E-state index in [0.29, 0.717) is 11.8 Å². The van der Waals surface area contributed by atoms with Crippen molar-refractivity contribution in [2.75, 3.05) is 57.3 Å². The molecule has 1 spiro atoms. The first-order valence-electron chi connectivity index (χ1n) is 13.7. The summed E-state index contributed by atoms with van der Waals surface area (Å²) in [5.74, 6) is 0.910. The summed E-state index contributed by atoms with van der Waals surface area (Å²) in [5, 5.41) is 4.53. The predicted molar refractivity (Wildman–Crippen MR) is 139 cm³/mol. The Morgan fingerprint density at radius 1 is 1.03 bits per heavy atom. The second-order valence-electron chi connectivity index (χ2n) is 11.1. The number of fused-ring (bicyclic) bond motifs is 1. The fourth-order valence-corrected chi connectivity index (χ4v) is 6.66. The van der Waals surface area contributed by atoms with Crippen LogP contribution in [0.15, 0.2) is 36.5 Å². The zero-order valence-electron chi connectivity index (χ0n) is 21.0. The summed E-state index contributed by atoms with van der Waals surface area (Å²) in [6.07, 6.45) is 7.42. The van der Waals surface area contributed by atoms with Crippen LogP contribution in [-0.4, -0.2) is 84.7 Å². The molecule has 0 unspecified atom stereocenters. The average Bonchev–Trinajstić information content (AvgIpc) is 3.22. The van der Waals surface area contributed by atoms with Gasteiger partial charge in [0.05, 0.1) is 12.1 Å². The molecule has 1 N–H and O–H groups in total. The van der Waals surface area contributed by atoms with E-state index in [2.05, 4.69) is 38.3 Å². The number of aromatic nitrogens is 1. The second-order valence-corrected chi connectivity index (χ2v) is 11.1. The van der Waals surface area contributed by atoms with Crippen LogP contribution in [0.5, 0.6) is 0 Å². The average molecular weight is 492 g/mol. The predicted octanol–water partition coefficient (Wildman–Crippen LogP) is 3.26. The lowest BCUT2D eigenvalue weighted by molar-refractivity contribution is -0.137. The first-order chi connectivity index (χ1) is 17.6. The van der Waals surface area contributed by atoms with Gasteiger partial charge in [0.1, 0.15) is 5.60 Å². The highest BCUT2D eigenvalue weighted by Gasteiger charge is 2.46. The van der Waals surface area contributed by atoms with Crippen molar-refractivity contribution in [1.29, 1.82) is 0 Å². The fourth-order valence-electron chi connectivity index (χ4n) is 6.66. The van der Waals surface area contributed by atoms with Crippen molar-refractivity contribution in [2.24, 2.45) is 11.8 Å². The zero-order valence-corrected chi connectivity index (χ0v) is 21.0. The summed E-state index contributed by atoms with van der Waals surface area (Å²) in [6, 6.07) is 10.3. The molecule has 0 atom stereocenters. The molecule has 1 aromatic carbocycles. The van der Waals surface area contributed by atoms with Gasteiger partial charge in [0.2, 0.25) is 5.91 Å². The summed E-state index contributed by atoms with van der Waals surface area (Å²) in [7, 11) is 0. The van der Waals surface area contributed by atoms with Crippen LogP contribution >= 0.6 is 0 Å². The van der Waals surface area contributed by atoms with E-state index in [1.54, 1.807) is 0 Å². The third-order valence-corrected chi connectivity index (χ3v) is 8.79. The van der Waals surface area contributed by atoms with E-state index in [-0.39, 0.29) is 17.6 Å². The van der Waals surface area contributed by atoms with Gasteiger partial charge in [0, 0.05) is 68.8 Å². The number of nitrogens with zero attached hydrogens (tertiary/aromatic N) is 4. The molecule has 1 aliphatic carbocycles. The molecule has 4 fully saturated rings. The molecule has 192 valence electrons. The minimum absolute atomic E-state index is 0.121. The number of amides is 2. The molecule has 4 aliphatic rings. The highest BCUT2D eigenvalue weighted by Crippen LogP contribution is 2.35. The third kappa shape index (κ3) is 4.63. The second kappa shape index (κ2) is 9.88. The standard InChI is InChI=1S/C28H37N5O3/c34-26(32-17-15-31(16-18-32)25-9-12-30-24-4-2-1-3-23(24)25)22-7-5-21(6-8-22)19-33-20-28(36-27(33)35)10-13-29-14-11-28/h1-4,9,12,21-22,29H,5-8,10-11,13-20H2. The summed E-state index contributed by atoms with van der Waals surface area (Å²) in [5.41, 5.74) is 1.94. The Morgan fingerprint density at radius 2 is 1.78 bits per heavy atom. The van der Waals surface area contributed by atoms with E-state index in [4.69, 9.17) is 4.74 Å². The molecule has 1 saturated carbocycles. The highest BCUT2D eigenvalue weighted by molar-refractivity contribution is 5.91. The maximum absolute atomic E-state index is 13.3. The number of ether oxygens (including phenoxy) is 1. The van der Waals surface area contributed by atoms with Crippen LogP contribution in [0.2, 0.25) is 0 Å². The molecule has 2 amide bonds. The normalized spacial score (nSPS) is 26.4. The SMILES string of the molecule is O=C1OC2(CCNCC2)CN1CC1CCC(C(=O)N2CCN(c3ccnc4ccccc34)CC2)CC1. The van der Waals surface area contributed by atoms with E-state index >= 15 is 0 Å². The maximum atomic E-state index is 13.3. The van der Waals surface area contributed by atoms with Gasteiger partial charge >= 0.3 is 6.09 Å². The quantitative estimate of drug-likeness (QED) is 0.708. The number of carbonyl (C=O) groups excluding carboxylic acids is 2. The van der Waals surface area contributed by atoms with Crippen LogP contribution in [0, 0.1) is 11.8 Å². The Bertz CT molecular complexity index is 1100. The van der Waals surface area contributed by atoms with E-state index in [1.807, 2.05) is 23.2 Å². The number of hydrogen-bond donors (Lipinski definition) is 1. The number of anilines is 1. The number of nitrogens with one attached hydrogen (secondary N) is 1. The van der Waals surface area contributed by atoms with Gasteiger partial charge in [-0.05, 0) is 56.8 Å². The van der Waals surface area contributed by atoms with Crippen molar-refractivity contribution in [1.82, 2.24) is 20.1 Å². The fraction of sp³-hybridized carbons (Fsp3) is 0.607. The minimum Gasteiger partial charge on any atom is -0.441 e. The molecule has 6 rings (SSSR count). The number of piperazine rings is 1. The van der Waals surface area contributed by atoms with Gasteiger partial charge < -0.3 is 24.8 Å². The topological polar surface area (TPSA) is 78.0 Å². The molecule has 0 radical (unpaired) electrons. The van der Waals surface area contributed by atoms with Crippen LogP contribution in [-0.2, 0) is 9.53 Å². The number of pyridine rings is 1.